The van der Waals surface area contributed by atoms with E-state index in [2.05, 4.69) is 38.3 Å². The number of nitrogens with one attached hydrogen (secondary N) is 1. The SMILES string of the molecule is CC1CC(c2cccc(N3CNc4c(C(F)(F)F)cc(Br)cc4S3(=O)=O)c2)(c2ncnn2C)C1. The third kappa shape index (κ3) is 3.49. The molecule has 34 heavy (non-hydrogen) atoms. The number of fused-ring (bicyclic) bond motifs is 1. The van der Waals surface area contributed by atoms with Crippen LogP contribution in [-0.2, 0) is 28.7 Å². The van der Waals surface area contributed by atoms with Crippen LogP contribution in [0.5, 0.6) is 0 Å². The molecule has 2 heterocycles. The van der Waals surface area contributed by atoms with Crippen molar-refractivity contribution in [3.8, 4) is 0 Å². The van der Waals surface area contributed by atoms with Crippen LogP contribution in [0.4, 0.5) is 24.5 Å². The number of halogens is 4. The van der Waals surface area contributed by atoms with E-state index in [0.717, 1.165) is 34.6 Å². The average Bonchev–Trinajstić information content (AvgIpc) is 3.16. The van der Waals surface area contributed by atoms with Crippen molar-refractivity contribution in [3.63, 3.8) is 0 Å². The first-order valence-corrected chi connectivity index (χ1v) is 12.8. The molecule has 1 fully saturated rings. The van der Waals surface area contributed by atoms with Crippen LogP contribution in [0.2, 0.25) is 0 Å². The number of benzene rings is 2. The third-order valence-electron chi connectivity index (χ3n) is 6.56. The molecular formula is C22H21BrF3N5O2S. The van der Waals surface area contributed by atoms with Crippen molar-refractivity contribution < 1.29 is 21.6 Å². The Morgan fingerprint density at radius 1 is 1.21 bits per heavy atom. The lowest BCUT2D eigenvalue weighted by Crippen LogP contribution is -2.44. The van der Waals surface area contributed by atoms with Crippen LogP contribution in [0.25, 0.3) is 0 Å². The zero-order chi connectivity index (χ0) is 24.5. The Labute approximate surface area is 203 Å². The molecule has 0 unspecified atom stereocenters. The summed E-state index contributed by atoms with van der Waals surface area (Å²) in [5, 5.41) is 6.88. The van der Waals surface area contributed by atoms with Gasteiger partial charge in [-0.1, -0.05) is 35.0 Å². The summed E-state index contributed by atoms with van der Waals surface area (Å²) in [7, 11) is -2.43. The zero-order valence-corrected chi connectivity index (χ0v) is 20.7. The van der Waals surface area contributed by atoms with Gasteiger partial charge in [0, 0.05) is 11.5 Å². The predicted molar refractivity (Wildman–Crippen MR) is 124 cm³/mol. The smallest absolute Gasteiger partial charge is 0.365 e. The third-order valence-corrected chi connectivity index (χ3v) is 8.82. The predicted octanol–water partition coefficient (Wildman–Crippen LogP) is 4.89. The number of hydrogen-bond donors (Lipinski definition) is 1. The lowest BCUT2D eigenvalue weighted by atomic mass is 9.58. The Morgan fingerprint density at radius 3 is 2.56 bits per heavy atom. The first kappa shape index (κ1) is 23.2. The fraction of sp³-hybridized carbons (Fsp3) is 0.364. The monoisotopic (exact) mass is 555 g/mol. The first-order chi connectivity index (χ1) is 15.9. The van der Waals surface area contributed by atoms with E-state index in [-0.39, 0.29) is 11.1 Å². The molecule has 2 aromatic carbocycles. The molecule has 1 N–H and O–H groups in total. The van der Waals surface area contributed by atoms with Gasteiger partial charge in [-0.15, -0.1) is 0 Å². The Kier molecular flexibility index (Phi) is 5.25. The number of aromatic nitrogens is 3. The van der Waals surface area contributed by atoms with E-state index in [4.69, 9.17) is 0 Å². The van der Waals surface area contributed by atoms with E-state index in [9.17, 15) is 21.6 Å². The van der Waals surface area contributed by atoms with E-state index in [1.54, 1.807) is 22.9 Å². The largest absolute Gasteiger partial charge is 0.418 e. The quantitative estimate of drug-likeness (QED) is 0.497. The van der Waals surface area contributed by atoms with Crippen molar-refractivity contribution in [1.29, 1.82) is 0 Å². The van der Waals surface area contributed by atoms with Gasteiger partial charge < -0.3 is 5.32 Å². The van der Waals surface area contributed by atoms with Gasteiger partial charge in [0.25, 0.3) is 10.0 Å². The van der Waals surface area contributed by atoms with Crippen LogP contribution in [0.15, 0.2) is 52.1 Å². The van der Waals surface area contributed by atoms with Gasteiger partial charge in [0.05, 0.1) is 22.4 Å². The molecule has 1 aromatic heterocycles. The maximum atomic E-state index is 13.6. The summed E-state index contributed by atoms with van der Waals surface area (Å²) in [5.41, 5.74) is -0.612. The van der Waals surface area contributed by atoms with E-state index < -0.39 is 37.8 Å². The fourth-order valence-electron chi connectivity index (χ4n) is 5.14. The highest BCUT2D eigenvalue weighted by atomic mass is 79.9. The number of hydrogen-bond acceptors (Lipinski definition) is 5. The number of nitrogens with zero attached hydrogens (tertiary/aromatic N) is 4. The van der Waals surface area contributed by atoms with E-state index >= 15 is 0 Å². The highest BCUT2D eigenvalue weighted by Gasteiger charge is 2.48. The molecule has 1 saturated carbocycles. The summed E-state index contributed by atoms with van der Waals surface area (Å²) in [6.45, 7) is 1.82. The molecule has 5 rings (SSSR count). The van der Waals surface area contributed by atoms with Gasteiger partial charge in [0.1, 0.15) is 23.7 Å². The minimum atomic E-state index is -4.71. The Balaban J connectivity index is 1.59. The molecule has 1 aliphatic carbocycles. The molecule has 7 nitrogen and oxygen atoms in total. The number of rotatable bonds is 3. The fourth-order valence-corrected chi connectivity index (χ4v) is 7.33. The van der Waals surface area contributed by atoms with Crippen LogP contribution in [0.1, 0.15) is 36.7 Å². The number of anilines is 2. The van der Waals surface area contributed by atoms with Gasteiger partial charge in [-0.25, -0.2) is 17.7 Å². The minimum absolute atomic E-state index is 0.0317. The second kappa shape index (κ2) is 7.70. The van der Waals surface area contributed by atoms with Crippen LogP contribution >= 0.6 is 15.9 Å². The van der Waals surface area contributed by atoms with Gasteiger partial charge in [-0.05, 0) is 48.6 Å². The van der Waals surface area contributed by atoms with Crippen LogP contribution in [-0.4, -0.2) is 29.9 Å². The number of sulfonamides is 1. The molecule has 0 spiro atoms. The van der Waals surface area contributed by atoms with E-state index in [0.29, 0.717) is 11.6 Å². The van der Waals surface area contributed by atoms with Crippen molar-refractivity contribution >= 4 is 37.3 Å². The molecule has 0 bridgehead atoms. The number of aryl methyl sites for hydroxylation is 1. The highest BCUT2D eigenvalue weighted by molar-refractivity contribution is 9.10. The lowest BCUT2D eigenvalue weighted by Gasteiger charge is -2.46. The second-order valence-electron chi connectivity index (χ2n) is 8.87. The molecule has 0 saturated heterocycles. The molecule has 0 amide bonds. The van der Waals surface area contributed by atoms with Gasteiger partial charge in [0.2, 0.25) is 0 Å². The zero-order valence-electron chi connectivity index (χ0n) is 18.3. The summed E-state index contributed by atoms with van der Waals surface area (Å²) < 4.78 is 70.5. The minimum Gasteiger partial charge on any atom is -0.365 e. The van der Waals surface area contributed by atoms with Gasteiger partial charge >= 0.3 is 6.18 Å². The van der Waals surface area contributed by atoms with Gasteiger partial charge in [0.15, 0.2) is 0 Å². The van der Waals surface area contributed by atoms with Crippen LogP contribution < -0.4 is 9.62 Å². The molecule has 180 valence electrons. The van der Waals surface area contributed by atoms with E-state index in [1.165, 1.54) is 12.4 Å². The van der Waals surface area contributed by atoms with Crippen molar-refractivity contribution in [2.24, 2.45) is 13.0 Å². The molecule has 12 heteroatoms. The summed E-state index contributed by atoms with van der Waals surface area (Å²) in [5.74, 6) is 1.26. The summed E-state index contributed by atoms with van der Waals surface area (Å²) in [6, 6.07) is 9.19. The maximum Gasteiger partial charge on any atom is 0.418 e. The topological polar surface area (TPSA) is 80.1 Å². The van der Waals surface area contributed by atoms with Crippen LogP contribution in [0.3, 0.4) is 0 Å². The second-order valence-corrected chi connectivity index (χ2v) is 11.6. The van der Waals surface area contributed by atoms with Crippen LogP contribution in [0, 0.1) is 5.92 Å². The molecule has 0 radical (unpaired) electrons. The standard InChI is InChI=1S/C22H21BrF3N5O2S/c1-13-9-21(10-13,20-27-11-29-30(20)2)14-4-3-5-16(6-14)31-12-28-19-17(22(24,25)26)7-15(23)8-18(19)34(31,32)33/h3-8,11,13,28H,9-10,12H2,1-2H3. The van der Waals surface area contributed by atoms with Crippen molar-refractivity contribution in [1.82, 2.24) is 14.8 Å². The molecule has 0 atom stereocenters. The first-order valence-electron chi connectivity index (χ1n) is 10.6. The maximum absolute atomic E-state index is 13.6. The highest BCUT2D eigenvalue weighted by Crippen LogP contribution is 2.52. The van der Waals surface area contributed by atoms with Gasteiger partial charge in [-0.2, -0.15) is 18.3 Å². The Hall–Kier alpha value is -2.60. The van der Waals surface area contributed by atoms with Crippen molar-refractivity contribution in [2.75, 3.05) is 16.3 Å². The van der Waals surface area contributed by atoms with Gasteiger partial charge in [-0.3, -0.25) is 4.68 Å². The van der Waals surface area contributed by atoms with Crippen molar-refractivity contribution in [3.05, 3.63) is 64.1 Å². The molecule has 3 aromatic rings. The normalized spacial score (nSPS) is 23.7. The lowest BCUT2D eigenvalue weighted by molar-refractivity contribution is -0.137. The number of alkyl halides is 3. The summed E-state index contributed by atoms with van der Waals surface area (Å²) in [4.78, 5) is 4.03. The Morgan fingerprint density at radius 2 is 1.94 bits per heavy atom. The Bertz CT molecular complexity index is 1380. The van der Waals surface area contributed by atoms with Crippen molar-refractivity contribution in [2.45, 2.75) is 36.3 Å². The molecular weight excluding hydrogens is 535 g/mol. The molecule has 1 aliphatic heterocycles. The summed E-state index contributed by atoms with van der Waals surface area (Å²) in [6.07, 6.45) is -1.55. The summed E-state index contributed by atoms with van der Waals surface area (Å²) >= 11 is 3.02. The van der Waals surface area contributed by atoms with E-state index in [1.807, 2.05) is 13.1 Å². The molecule has 2 aliphatic rings. The average molecular weight is 556 g/mol.